The molecule has 38 heavy (non-hydrogen) atoms. The van der Waals surface area contributed by atoms with Crippen molar-refractivity contribution in [1.29, 1.82) is 0 Å². The molecule has 0 radical (unpaired) electrons. The van der Waals surface area contributed by atoms with E-state index in [9.17, 15) is 4.79 Å². The second kappa shape index (κ2) is 11.9. The maximum Gasteiger partial charge on any atom is 0.252 e. The van der Waals surface area contributed by atoms with E-state index in [1.165, 1.54) is 0 Å². The SMILES string of the molecule is CCC[C@H](c1nnnn1Cc1ccco1)N(Cc1ccccc1)Cc1cc2cc(OCC)ccc2[nH]c1=O. The number of aromatic amines is 1. The van der Waals surface area contributed by atoms with Gasteiger partial charge in [0.05, 0.1) is 18.9 Å². The minimum Gasteiger partial charge on any atom is -0.494 e. The summed E-state index contributed by atoms with van der Waals surface area (Å²) in [6, 6.07) is 21.6. The molecule has 196 valence electrons. The van der Waals surface area contributed by atoms with E-state index >= 15 is 0 Å². The number of nitrogens with zero attached hydrogens (tertiary/aromatic N) is 5. The van der Waals surface area contributed by atoms with E-state index in [0.29, 0.717) is 31.8 Å². The molecule has 1 atom stereocenters. The second-order valence-electron chi connectivity index (χ2n) is 9.27. The minimum atomic E-state index is -0.116. The molecule has 3 aromatic heterocycles. The molecule has 0 aliphatic rings. The monoisotopic (exact) mass is 512 g/mol. The van der Waals surface area contributed by atoms with E-state index in [1.807, 2.05) is 61.5 Å². The topological polar surface area (TPSA) is 102 Å². The molecular formula is C29H32N6O3. The first kappa shape index (κ1) is 25.4. The number of aromatic nitrogens is 5. The molecule has 1 N–H and O–H groups in total. The molecule has 5 rings (SSSR count). The van der Waals surface area contributed by atoms with E-state index in [4.69, 9.17) is 9.15 Å². The third-order valence-corrected chi connectivity index (χ3v) is 6.55. The molecular weight excluding hydrogens is 480 g/mol. The lowest BCUT2D eigenvalue weighted by molar-refractivity contribution is 0.155. The fourth-order valence-corrected chi connectivity index (χ4v) is 4.78. The second-order valence-corrected chi connectivity index (χ2v) is 9.27. The zero-order valence-corrected chi connectivity index (χ0v) is 21.7. The standard InChI is InChI=1S/C29H32N6O3/c1-3-9-27(28-31-32-33-35(28)20-25-12-8-15-38-25)34(18-21-10-6-5-7-11-21)19-23-16-22-17-24(37-4-2)13-14-26(22)30-29(23)36/h5-8,10-17,27H,3-4,9,18-20H2,1-2H3,(H,30,36)/t27-/m1/s1. The Labute approximate surface area is 221 Å². The smallest absolute Gasteiger partial charge is 0.252 e. The number of furan rings is 1. The van der Waals surface area contributed by atoms with Gasteiger partial charge in [0.2, 0.25) is 0 Å². The van der Waals surface area contributed by atoms with E-state index in [1.54, 1.807) is 10.9 Å². The van der Waals surface area contributed by atoms with Gasteiger partial charge >= 0.3 is 0 Å². The van der Waals surface area contributed by atoms with Crippen LogP contribution >= 0.6 is 0 Å². The molecule has 0 spiro atoms. The summed E-state index contributed by atoms with van der Waals surface area (Å²) in [7, 11) is 0. The highest BCUT2D eigenvalue weighted by atomic mass is 16.5. The van der Waals surface area contributed by atoms with Crippen LogP contribution < -0.4 is 10.3 Å². The fourth-order valence-electron chi connectivity index (χ4n) is 4.78. The number of fused-ring (bicyclic) bond motifs is 1. The van der Waals surface area contributed by atoms with Crippen molar-refractivity contribution in [2.24, 2.45) is 0 Å². The van der Waals surface area contributed by atoms with Crippen LogP contribution in [0.5, 0.6) is 5.75 Å². The molecule has 0 saturated heterocycles. The molecule has 0 unspecified atom stereocenters. The number of hydrogen-bond acceptors (Lipinski definition) is 7. The fraction of sp³-hybridized carbons (Fsp3) is 0.310. The van der Waals surface area contributed by atoms with Gasteiger partial charge in [-0.25, -0.2) is 4.68 Å². The lowest BCUT2D eigenvalue weighted by Crippen LogP contribution is -2.32. The molecule has 3 heterocycles. The van der Waals surface area contributed by atoms with Gasteiger partial charge in [0.1, 0.15) is 18.1 Å². The molecule has 0 saturated carbocycles. The van der Waals surface area contributed by atoms with E-state index < -0.39 is 0 Å². The first-order valence-electron chi connectivity index (χ1n) is 13.0. The van der Waals surface area contributed by atoms with Crippen molar-refractivity contribution >= 4 is 10.9 Å². The Hall–Kier alpha value is -4.24. The number of H-pyrrole nitrogens is 1. The van der Waals surface area contributed by atoms with Gasteiger partial charge in [0.25, 0.3) is 5.56 Å². The Morgan fingerprint density at radius 3 is 2.68 bits per heavy atom. The van der Waals surface area contributed by atoms with Crippen LogP contribution in [0.2, 0.25) is 0 Å². The zero-order valence-electron chi connectivity index (χ0n) is 21.7. The molecule has 0 aliphatic heterocycles. The zero-order chi connectivity index (χ0) is 26.3. The molecule has 2 aromatic carbocycles. The van der Waals surface area contributed by atoms with Crippen LogP contribution in [0.15, 0.2) is 82.2 Å². The Morgan fingerprint density at radius 1 is 1.05 bits per heavy atom. The van der Waals surface area contributed by atoms with Gasteiger partial charge in [0, 0.05) is 29.6 Å². The van der Waals surface area contributed by atoms with Crippen LogP contribution in [0.25, 0.3) is 10.9 Å². The van der Waals surface area contributed by atoms with Gasteiger partial charge in [-0.15, -0.1) is 5.10 Å². The average molecular weight is 513 g/mol. The van der Waals surface area contributed by atoms with Crippen LogP contribution in [-0.2, 0) is 19.6 Å². The van der Waals surface area contributed by atoms with Crippen LogP contribution in [-0.4, -0.2) is 36.7 Å². The van der Waals surface area contributed by atoms with Crippen LogP contribution in [0.4, 0.5) is 0 Å². The van der Waals surface area contributed by atoms with Crippen LogP contribution in [0.1, 0.15) is 55.4 Å². The van der Waals surface area contributed by atoms with Gasteiger partial charge in [-0.1, -0.05) is 43.7 Å². The molecule has 9 heteroatoms. The van der Waals surface area contributed by atoms with Crippen molar-refractivity contribution in [2.75, 3.05) is 6.61 Å². The summed E-state index contributed by atoms with van der Waals surface area (Å²) in [4.78, 5) is 18.5. The minimum absolute atomic E-state index is 0.106. The van der Waals surface area contributed by atoms with Gasteiger partial charge in [-0.3, -0.25) is 9.69 Å². The molecule has 0 aliphatic carbocycles. The molecule has 0 amide bonds. The maximum atomic E-state index is 13.2. The van der Waals surface area contributed by atoms with Gasteiger partial charge < -0.3 is 14.1 Å². The predicted molar refractivity (Wildman–Crippen MR) is 145 cm³/mol. The van der Waals surface area contributed by atoms with Crippen LogP contribution in [0, 0.1) is 0 Å². The Morgan fingerprint density at radius 2 is 1.92 bits per heavy atom. The van der Waals surface area contributed by atoms with E-state index in [2.05, 4.69) is 44.5 Å². The van der Waals surface area contributed by atoms with Crippen molar-refractivity contribution in [3.63, 3.8) is 0 Å². The third kappa shape index (κ3) is 5.84. The molecule has 0 bridgehead atoms. The summed E-state index contributed by atoms with van der Waals surface area (Å²) in [6.07, 6.45) is 3.40. The molecule has 5 aromatic rings. The number of ether oxygens (including phenoxy) is 1. The number of pyridine rings is 1. The normalized spacial score (nSPS) is 12.3. The number of benzene rings is 2. The van der Waals surface area contributed by atoms with Gasteiger partial charge in [-0.2, -0.15) is 0 Å². The van der Waals surface area contributed by atoms with Crippen molar-refractivity contribution < 1.29 is 9.15 Å². The quantitative estimate of drug-likeness (QED) is 0.248. The van der Waals surface area contributed by atoms with Crippen molar-refractivity contribution in [3.8, 4) is 5.75 Å². The maximum absolute atomic E-state index is 13.2. The average Bonchev–Trinajstić information content (AvgIpc) is 3.61. The summed E-state index contributed by atoms with van der Waals surface area (Å²) >= 11 is 0. The lowest BCUT2D eigenvalue weighted by Gasteiger charge is -2.31. The summed E-state index contributed by atoms with van der Waals surface area (Å²) in [5.41, 5.74) is 2.50. The highest BCUT2D eigenvalue weighted by Crippen LogP contribution is 2.28. The molecule has 0 fully saturated rings. The Bertz CT molecular complexity index is 1510. The first-order valence-corrected chi connectivity index (χ1v) is 13.0. The summed E-state index contributed by atoms with van der Waals surface area (Å²) in [6.45, 7) is 6.18. The Kier molecular flexibility index (Phi) is 7.94. The number of nitrogens with one attached hydrogen (secondary N) is 1. The first-order chi connectivity index (χ1) is 18.6. The number of hydrogen-bond donors (Lipinski definition) is 1. The van der Waals surface area contributed by atoms with E-state index in [0.717, 1.165) is 46.6 Å². The largest absolute Gasteiger partial charge is 0.494 e. The van der Waals surface area contributed by atoms with Crippen molar-refractivity contribution in [2.45, 2.75) is 52.4 Å². The number of rotatable bonds is 12. The highest BCUT2D eigenvalue weighted by Gasteiger charge is 2.27. The number of tetrazole rings is 1. The summed E-state index contributed by atoms with van der Waals surface area (Å²) in [5.74, 6) is 2.30. The predicted octanol–water partition coefficient (Wildman–Crippen LogP) is 5.10. The summed E-state index contributed by atoms with van der Waals surface area (Å²) < 4.78 is 13.0. The van der Waals surface area contributed by atoms with E-state index in [-0.39, 0.29) is 11.6 Å². The third-order valence-electron chi connectivity index (χ3n) is 6.55. The lowest BCUT2D eigenvalue weighted by atomic mass is 10.1. The molecule has 9 nitrogen and oxygen atoms in total. The summed E-state index contributed by atoms with van der Waals surface area (Å²) in [5, 5.41) is 13.6. The Balaban J connectivity index is 1.53. The van der Waals surface area contributed by atoms with Crippen LogP contribution in [0.3, 0.4) is 0 Å². The van der Waals surface area contributed by atoms with Gasteiger partial charge in [-0.05, 0) is 65.7 Å². The van der Waals surface area contributed by atoms with Gasteiger partial charge in [0.15, 0.2) is 5.82 Å². The van der Waals surface area contributed by atoms with Crippen molar-refractivity contribution in [3.05, 3.63) is 106 Å². The highest BCUT2D eigenvalue weighted by molar-refractivity contribution is 5.80. The van der Waals surface area contributed by atoms with Crippen molar-refractivity contribution in [1.82, 2.24) is 30.1 Å².